The van der Waals surface area contributed by atoms with Crippen molar-refractivity contribution in [3.63, 3.8) is 0 Å². The Bertz CT molecular complexity index is 688. The normalized spacial score (nSPS) is 17.6. The fourth-order valence-electron chi connectivity index (χ4n) is 3.63. The minimum atomic E-state index is -1.16. The quantitative estimate of drug-likeness (QED) is 0.830. The molecule has 1 atom stereocenters. The highest BCUT2D eigenvalue weighted by molar-refractivity contribution is 5.78. The van der Waals surface area contributed by atoms with Crippen molar-refractivity contribution in [2.45, 2.75) is 50.2 Å². The Morgan fingerprint density at radius 2 is 1.64 bits per heavy atom. The molecule has 2 aromatic carbocycles. The van der Waals surface area contributed by atoms with Gasteiger partial charge in [-0.2, -0.15) is 0 Å². The van der Waals surface area contributed by atoms with Crippen LogP contribution in [0.3, 0.4) is 0 Å². The summed E-state index contributed by atoms with van der Waals surface area (Å²) in [4.78, 5) is 11.8. The lowest BCUT2D eigenvalue weighted by Gasteiger charge is -2.37. The van der Waals surface area contributed by atoms with E-state index in [1.807, 2.05) is 30.3 Å². The molecule has 0 radical (unpaired) electrons. The standard InChI is InChI=1S/C21H24O4/c22-20(23)19(21(24)13-5-2-6-14-21)17-9-11-18(12-10-17)25-15-16-7-3-1-4-8-16/h1,3-4,7-12,19,24H,2,5-6,13-15H2,(H,22,23). The minimum absolute atomic E-state index is 0.465. The highest BCUT2D eigenvalue weighted by Crippen LogP contribution is 2.40. The van der Waals surface area contributed by atoms with Gasteiger partial charge in [-0.25, -0.2) is 0 Å². The summed E-state index contributed by atoms with van der Waals surface area (Å²) in [6.07, 6.45) is 3.88. The van der Waals surface area contributed by atoms with Crippen LogP contribution in [-0.2, 0) is 11.4 Å². The third-order valence-corrected chi connectivity index (χ3v) is 4.97. The van der Waals surface area contributed by atoms with Crippen LogP contribution < -0.4 is 4.74 Å². The van der Waals surface area contributed by atoms with Crippen LogP contribution in [0.4, 0.5) is 0 Å². The summed E-state index contributed by atoms with van der Waals surface area (Å²) in [6, 6.07) is 16.9. The van der Waals surface area contributed by atoms with Gasteiger partial charge in [0.05, 0.1) is 5.60 Å². The van der Waals surface area contributed by atoms with Crippen molar-refractivity contribution in [3.8, 4) is 5.75 Å². The first-order chi connectivity index (χ1) is 12.1. The van der Waals surface area contributed by atoms with Crippen LogP contribution in [0, 0.1) is 0 Å². The van der Waals surface area contributed by atoms with Crippen LogP contribution in [0.1, 0.15) is 49.1 Å². The van der Waals surface area contributed by atoms with Crippen LogP contribution in [-0.4, -0.2) is 21.8 Å². The molecule has 0 saturated heterocycles. The maximum atomic E-state index is 11.8. The molecule has 4 nitrogen and oxygen atoms in total. The molecular weight excluding hydrogens is 316 g/mol. The summed E-state index contributed by atoms with van der Waals surface area (Å²) in [5.74, 6) is -1.18. The van der Waals surface area contributed by atoms with Crippen molar-refractivity contribution in [2.75, 3.05) is 0 Å². The number of carbonyl (C=O) groups is 1. The van der Waals surface area contributed by atoms with Crippen molar-refractivity contribution in [1.82, 2.24) is 0 Å². The molecular formula is C21H24O4. The lowest BCUT2D eigenvalue weighted by Crippen LogP contribution is -2.42. The molecule has 0 aromatic heterocycles. The Morgan fingerprint density at radius 3 is 2.24 bits per heavy atom. The Kier molecular flexibility index (Phi) is 5.39. The monoisotopic (exact) mass is 340 g/mol. The van der Waals surface area contributed by atoms with Gasteiger partial charge in [-0.05, 0) is 36.1 Å². The molecule has 0 aliphatic heterocycles. The van der Waals surface area contributed by atoms with Gasteiger partial charge in [-0.3, -0.25) is 4.79 Å². The van der Waals surface area contributed by atoms with Crippen molar-refractivity contribution in [1.29, 1.82) is 0 Å². The predicted octanol–water partition coefficient (Wildman–Crippen LogP) is 4.13. The highest BCUT2D eigenvalue weighted by atomic mass is 16.5. The van der Waals surface area contributed by atoms with E-state index < -0.39 is 17.5 Å². The Labute approximate surface area is 148 Å². The maximum Gasteiger partial charge on any atom is 0.313 e. The number of benzene rings is 2. The van der Waals surface area contributed by atoms with Crippen LogP contribution in [0.2, 0.25) is 0 Å². The van der Waals surface area contributed by atoms with Crippen molar-refractivity contribution < 1.29 is 19.7 Å². The third-order valence-electron chi connectivity index (χ3n) is 4.97. The zero-order valence-corrected chi connectivity index (χ0v) is 14.2. The Morgan fingerprint density at radius 1 is 1.00 bits per heavy atom. The Hall–Kier alpha value is -2.33. The van der Waals surface area contributed by atoms with Crippen LogP contribution >= 0.6 is 0 Å². The lowest BCUT2D eigenvalue weighted by molar-refractivity contribution is -0.147. The van der Waals surface area contributed by atoms with Gasteiger partial charge in [0.15, 0.2) is 0 Å². The SMILES string of the molecule is O=C(O)C(c1ccc(OCc2ccccc2)cc1)C1(O)CCCCC1. The first kappa shape index (κ1) is 17.5. The number of rotatable bonds is 6. The number of carboxylic acids is 1. The molecule has 1 aliphatic rings. The zero-order valence-electron chi connectivity index (χ0n) is 14.2. The summed E-state index contributed by atoms with van der Waals surface area (Å²) in [7, 11) is 0. The average Bonchev–Trinajstić information content (AvgIpc) is 2.62. The average molecular weight is 340 g/mol. The molecule has 2 N–H and O–H groups in total. The van der Waals surface area contributed by atoms with E-state index in [1.54, 1.807) is 24.3 Å². The summed E-state index contributed by atoms with van der Waals surface area (Å²) in [5, 5.41) is 20.5. The number of hydrogen-bond donors (Lipinski definition) is 2. The van der Waals surface area contributed by atoms with Crippen LogP contribution in [0.15, 0.2) is 54.6 Å². The molecule has 0 amide bonds. The summed E-state index contributed by atoms with van der Waals surface area (Å²) < 4.78 is 5.75. The van der Waals surface area contributed by atoms with Gasteiger partial charge in [0.1, 0.15) is 18.3 Å². The first-order valence-electron chi connectivity index (χ1n) is 8.80. The van der Waals surface area contributed by atoms with Gasteiger partial charge in [-0.15, -0.1) is 0 Å². The smallest absolute Gasteiger partial charge is 0.313 e. The van der Waals surface area contributed by atoms with E-state index in [2.05, 4.69) is 0 Å². The Balaban J connectivity index is 1.72. The van der Waals surface area contributed by atoms with E-state index in [0.717, 1.165) is 24.8 Å². The van der Waals surface area contributed by atoms with Crippen molar-refractivity contribution in [3.05, 3.63) is 65.7 Å². The molecule has 1 saturated carbocycles. The molecule has 25 heavy (non-hydrogen) atoms. The largest absolute Gasteiger partial charge is 0.489 e. The minimum Gasteiger partial charge on any atom is -0.489 e. The number of aliphatic carboxylic acids is 1. The second-order valence-corrected chi connectivity index (χ2v) is 6.78. The van der Waals surface area contributed by atoms with Crippen LogP contribution in [0.5, 0.6) is 5.75 Å². The highest BCUT2D eigenvalue weighted by Gasteiger charge is 2.43. The number of ether oxygens (including phenoxy) is 1. The number of hydrogen-bond acceptors (Lipinski definition) is 3. The summed E-state index contributed by atoms with van der Waals surface area (Å²) >= 11 is 0. The van der Waals surface area contributed by atoms with Gasteiger partial charge in [0.25, 0.3) is 0 Å². The van der Waals surface area contributed by atoms with Gasteiger partial charge in [-0.1, -0.05) is 61.7 Å². The fraction of sp³-hybridized carbons (Fsp3) is 0.381. The van der Waals surface area contributed by atoms with E-state index in [0.29, 0.717) is 30.8 Å². The fourth-order valence-corrected chi connectivity index (χ4v) is 3.63. The number of carboxylic acid groups (broad SMARTS) is 1. The van der Waals surface area contributed by atoms with E-state index in [1.165, 1.54) is 0 Å². The van der Waals surface area contributed by atoms with Crippen LogP contribution in [0.25, 0.3) is 0 Å². The predicted molar refractivity (Wildman–Crippen MR) is 95.6 cm³/mol. The third kappa shape index (κ3) is 4.20. The molecule has 1 aliphatic carbocycles. The first-order valence-corrected chi connectivity index (χ1v) is 8.80. The molecule has 0 heterocycles. The van der Waals surface area contributed by atoms with Gasteiger partial charge < -0.3 is 14.9 Å². The lowest BCUT2D eigenvalue weighted by atomic mass is 9.73. The maximum absolute atomic E-state index is 11.8. The summed E-state index contributed by atoms with van der Waals surface area (Å²) in [5.41, 5.74) is 0.548. The number of aliphatic hydroxyl groups is 1. The molecule has 4 heteroatoms. The van der Waals surface area contributed by atoms with E-state index in [-0.39, 0.29) is 0 Å². The van der Waals surface area contributed by atoms with E-state index in [9.17, 15) is 15.0 Å². The molecule has 1 unspecified atom stereocenters. The summed E-state index contributed by atoms with van der Waals surface area (Å²) in [6.45, 7) is 0.465. The zero-order chi connectivity index (χ0) is 17.7. The van der Waals surface area contributed by atoms with Crippen molar-refractivity contribution >= 4 is 5.97 Å². The second kappa shape index (κ2) is 7.70. The molecule has 132 valence electrons. The van der Waals surface area contributed by atoms with Gasteiger partial charge >= 0.3 is 5.97 Å². The molecule has 0 bridgehead atoms. The van der Waals surface area contributed by atoms with Gasteiger partial charge in [0.2, 0.25) is 0 Å². The van der Waals surface area contributed by atoms with Crippen molar-refractivity contribution in [2.24, 2.45) is 0 Å². The molecule has 2 aromatic rings. The molecule has 0 spiro atoms. The van der Waals surface area contributed by atoms with E-state index >= 15 is 0 Å². The molecule has 1 fully saturated rings. The second-order valence-electron chi connectivity index (χ2n) is 6.78. The van der Waals surface area contributed by atoms with E-state index in [4.69, 9.17) is 4.74 Å². The molecule has 3 rings (SSSR count). The van der Waals surface area contributed by atoms with Gasteiger partial charge in [0, 0.05) is 0 Å². The topological polar surface area (TPSA) is 66.8 Å².